The Bertz CT molecular complexity index is 161. The van der Waals surface area contributed by atoms with Gasteiger partial charge in [-0.05, 0) is 24.5 Å². The van der Waals surface area contributed by atoms with Crippen LogP contribution in [0.2, 0.25) is 0 Å². The van der Waals surface area contributed by atoms with Gasteiger partial charge in [-0.2, -0.15) is 0 Å². The number of allylic oxidation sites excluding steroid dienone is 4. The lowest BCUT2D eigenvalue weighted by Gasteiger charge is -1.84. The highest BCUT2D eigenvalue weighted by molar-refractivity contribution is 5.21. The summed E-state index contributed by atoms with van der Waals surface area (Å²) in [6.07, 6.45) is 2.90. The molecular formula is C11H19F. The van der Waals surface area contributed by atoms with Gasteiger partial charge in [0.15, 0.2) is 0 Å². The smallest absolute Gasteiger partial charge is 0.116 e. The van der Waals surface area contributed by atoms with E-state index in [1.165, 1.54) is 6.08 Å². The molecule has 70 valence electrons. The van der Waals surface area contributed by atoms with Crippen molar-refractivity contribution >= 4 is 0 Å². The van der Waals surface area contributed by atoms with E-state index in [9.17, 15) is 4.39 Å². The van der Waals surface area contributed by atoms with E-state index in [0.717, 1.165) is 11.5 Å². The van der Waals surface area contributed by atoms with E-state index < -0.39 is 5.83 Å². The molecule has 0 aromatic carbocycles. The van der Waals surface area contributed by atoms with Gasteiger partial charge in [0.2, 0.25) is 0 Å². The second-order valence-electron chi connectivity index (χ2n) is 3.27. The van der Waals surface area contributed by atoms with Crippen LogP contribution in [-0.4, -0.2) is 0 Å². The lowest BCUT2D eigenvalue weighted by Crippen LogP contribution is -1.66. The van der Waals surface area contributed by atoms with Crippen molar-refractivity contribution in [1.82, 2.24) is 0 Å². The van der Waals surface area contributed by atoms with Crippen LogP contribution in [0, 0.1) is 5.92 Å². The summed E-state index contributed by atoms with van der Waals surface area (Å²) in [5, 5.41) is 0. The molecule has 0 aliphatic carbocycles. The quantitative estimate of drug-likeness (QED) is 0.543. The summed E-state index contributed by atoms with van der Waals surface area (Å²) in [6.45, 7) is 14.8. The molecule has 0 radical (unpaired) electrons. The molecule has 0 aliphatic heterocycles. The number of hydrogen-bond donors (Lipinski definition) is 0. The van der Waals surface area contributed by atoms with Crippen LogP contribution in [0.4, 0.5) is 4.39 Å². The van der Waals surface area contributed by atoms with Crippen LogP contribution >= 0.6 is 0 Å². The van der Waals surface area contributed by atoms with Crippen molar-refractivity contribution in [1.29, 1.82) is 0 Å². The maximum atomic E-state index is 11.8. The van der Waals surface area contributed by atoms with E-state index in [1.807, 2.05) is 0 Å². The normalized spacial score (nSPS) is 10.3. The molecule has 0 unspecified atom stereocenters. The summed E-state index contributed by atoms with van der Waals surface area (Å²) in [4.78, 5) is 0. The molecule has 1 heteroatoms. The lowest BCUT2D eigenvalue weighted by molar-refractivity contribution is 0.670. The second-order valence-corrected chi connectivity index (χ2v) is 3.27. The third-order valence-electron chi connectivity index (χ3n) is 0.706. The lowest BCUT2D eigenvalue weighted by atomic mass is 10.3. The summed E-state index contributed by atoms with van der Waals surface area (Å²) in [5.74, 6) is 0.405. The predicted molar refractivity (Wildman–Crippen MR) is 54.7 cm³/mol. The highest BCUT2D eigenvalue weighted by Crippen LogP contribution is 2.00. The van der Waals surface area contributed by atoms with E-state index in [4.69, 9.17) is 0 Å². The molecule has 0 aromatic rings. The first-order valence-corrected chi connectivity index (χ1v) is 4.05. The van der Waals surface area contributed by atoms with Gasteiger partial charge < -0.3 is 0 Å². The van der Waals surface area contributed by atoms with Gasteiger partial charge in [0, 0.05) is 0 Å². The van der Waals surface area contributed by atoms with Crippen molar-refractivity contribution in [2.75, 3.05) is 0 Å². The Hall–Kier alpha value is -0.850. The molecule has 0 rings (SSSR count). The standard InChI is InChI=1S/C7H9F.C4H10/c1-4-6(2)5-7(3)8;1-4(2)3/h4-5H,1,3H2,2H3;4H,1-3H3/b6-5-;. The molecule has 0 aliphatic rings. The Balaban J connectivity index is 0. The second kappa shape index (κ2) is 8.25. The SMILES string of the molecule is C=C/C(C)=C\C(=C)F.CC(C)C. The Morgan fingerprint density at radius 3 is 1.75 bits per heavy atom. The summed E-state index contributed by atoms with van der Waals surface area (Å²) in [6, 6.07) is 0. The third-order valence-corrected chi connectivity index (χ3v) is 0.706. The maximum absolute atomic E-state index is 11.8. The largest absolute Gasteiger partial charge is 0.208 e. The number of hydrogen-bond acceptors (Lipinski definition) is 0. The molecule has 0 N–H and O–H groups in total. The van der Waals surface area contributed by atoms with Gasteiger partial charge in [-0.1, -0.05) is 40.0 Å². The summed E-state index contributed by atoms with van der Waals surface area (Å²) >= 11 is 0. The van der Waals surface area contributed by atoms with E-state index in [1.54, 1.807) is 13.0 Å². The molecule has 0 heterocycles. The van der Waals surface area contributed by atoms with Gasteiger partial charge in [0.25, 0.3) is 0 Å². The number of rotatable bonds is 2. The van der Waals surface area contributed by atoms with Crippen molar-refractivity contribution < 1.29 is 4.39 Å². The zero-order valence-electron chi connectivity index (χ0n) is 8.52. The molecule has 0 nitrogen and oxygen atoms in total. The van der Waals surface area contributed by atoms with Crippen molar-refractivity contribution in [3.05, 3.63) is 36.7 Å². The molecule has 0 saturated heterocycles. The Morgan fingerprint density at radius 1 is 1.33 bits per heavy atom. The fourth-order valence-corrected chi connectivity index (χ4v) is 0.306. The summed E-state index contributed by atoms with van der Waals surface area (Å²) < 4.78 is 11.8. The molecule has 0 saturated carbocycles. The average Bonchev–Trinajstić information content (AvgIpc) is 1.84. The summed E-state index contributed by atoms with van der Waals surface area (Å²) in [7, 11) is 0. The van der Waals surface area contributed by atoms with Crippen molar-refractivity contribution in [2.24, 2.45) is 5.92 Å². The minimum atomic E-state index is -0.428. The predicted octanol–water partition coefficient (Wildman–Crippen LogP) is 4.26. The zero-order valence-corrected chi connectivity index (χ0v) is 8.52. The van der Waals surface area contributed by atoms with Gasteiger partial charge in [0.05, 0.1) is 0 Å². The van der Waals surface area contributed by atoms with Gasteiger partial charge in [0.1, 0.15) is 5.83 Å². The van der Waals surface area contributed by atoms with Gasteiger partial charge in [-0.3, -0.25) is 0 Å². The third kappa shape index (κ3) is 22.9. The minimum absolute atomic E-state index is 0.428. The van der Waals surface area contributed by atoms with Crippen LogP contribution in [0.3, 0.4) is 0 Å². The minimum Gasteiger partial charge on any atom is -0.208 e. The summed E-state index contributed by atoms with van der Waals surface area (Å²) in [5.41, 5.74) is 0.789. The molecule has 0 spiro atoms. The van der Waals surface area contributed by atoms with Crippen LogP contribution in [0.25, 0.3) is 0 Å². The van der Waals surface area contributed by atoms with Crippen LogP contribution in [-0.2, 0) is 0 Å². The van der Waals surface area contributed by atoms with Crippen LogP contribution in [0.1, 0.15) is 27.7 Å². The maximum Gasteiger partial charge on any atom is 0.116 e. The van der Waals surface area contributed by atoms with Crippen LogP contribution < -0.4 is 0 Å². The van der Waals surface area contributed by atoms with E-state index in [0.29, 0.717) is 0 Å². The average molecular weight is 170 g/mol. The van der Waals surface area contributed by atoms with Crippen LogP contribution in [0.5, 0.6) is 0 Å². The molecule has 0 atom stereocenters. The topological polar surface area (TPSA) is 0 Å². The molecule has 0 amide bonds. The van der Waals surface area contributed by atoms with Gasteiger partial charge in [-0.25, -0.2) is 4.39 Å². The Kier molecular flexibility index (Phi) is 9.43. The van der Waals surface area contributed by atoms with Crippen LogP contribution in [0.15, 0.2) is 36.7 Å². The van der Waals surface area contributed by atoms with E-state index >= 15 is 0 Å². The molecular weight excluding hydrogens is 151 g/mol. The van der Waals surface area contributed by atoms with Gasteiger partial charge >= 0.3 is 0 Å². The molecule has 0 aromatic heterocycles. The van der Waals surface area contributed by atoms with Crippen molar-refractivity contribution in [2.45, 2.75) is 27.7 Å². The fraction of sp³-hybridized carbons (Fsp3) is 0.455. The zero-order chi connectivity index (χ0) is 10.1. The van der Waals surface area contributed by atoms with Crippen molar-refractivity contribution in [3.63, 3.8) is 0 Å². The molecule has 0 fully saturated rings. The number of halogens is 1. The van der Waals surface area contributed by atoms with E-state index in [2.05, 4.69) is 33.9 Å². The Morgan fingerprint density at radius 2 is 1.67 bits per heavy atom. The fourth-order valence-electron chi connectivity index (χ4n) is 0.306. The molecule has 12 heavy (non-hydrogen) atoms. The highest BCUT2D eigenvalue weighted by Gasteiger charge is 1.80. The highest BCUT2D eigenvalue weighted by atomic mass is 19.1. The Labute approximate surface area is 75.5 Å². The first kappa shape index (κ1) is 13.7. The molecule has 0 bridgehead atoms. The monoisotopic (exact) mass is 170 g/mol. The first-order valence-electron chi connectivity index (χ1n) is 4.05. The van der Waals surface area contributed by atoms with Gasteiger partial charge in [-0.15, -0.1) is 0 Å². The first-order chi connectivity index (χ1) is 5.40. The van der Waals surface area contributed by atoms with Crippen molar-refractivity contribution in [3.8, 4) is 0 Å². The van der Waals surface area contributed by atoms with E-state index in [-0.39, 0.29) is 0 Å².